The molecule has 180 valence electrons. The van der Waals surface area contributed by atoms with Crippen LogP contribution < -0.4 is 5.32 Å². The van der Waals surface area contributed by atoms with Crippen LogP contribution in [-0.4, -0.2) is 54.9 Å². The van der Waals surface area contributed by atoms with Crippen LogP contribution in [0.5, 0.6) is 0 Å². The van der Waals surface area contributed by atoms with Crippen LogP contribution in [0.1, 0.15) is 35.7 Å². The van der Waals surface area contributed by atoms with Gasteiger partial charge in [-0.15, -0.1) is 4.80 Å². The second kappa shape index (κ2) is 9.31. The minimum absolute atomic E-state index is 0.0393. The zero-order chi connectivity index (χ0) is 24.5. The van der Waals surface area contributed by atoms with E-state index in [4.69, 9.17) is 0 Å². The number of rotatable bonds is 5. The largest absolute Gasteiger partial charge is 0.419 e. The zero-order valence-corrected chi connectivity index (χ0v) is 17.9. The Bertz CT molecular complexity index is 1150. The molecule has 0 spiro atoms. The molecule has 2 atom stereocenters. The lowest BCUT2D eigenvalue weighted by atomic mass is 9.90. The fourth-order valence-corrected chi connectivity index (χ4v) is 3.99. The first-order valence-electron chi connectivity index (χ1n) is 10.5. The van der Waals surface area contributed by atoms with Gasteiger partial charge in [-0.25, -0.2) is 18.7 Å². The van der Waals surface area contributed by atoms with E-state index in [0.717, 1.165) is 23.4 Å². The van der Waals surface area contributed by atoms with Gasteiger partial charge < -0.3 is 10.2 Å². The number of anilines is 1. The molecule has 1 fully saturated rings. The van der Waals surface area contributed by atoms with Crippen molar-refractivity contribution in [2.24, 2.45) is 5.92 Å². The Morgan fingerprint density at radius 1 is 1.12 bits per heavy atom. The molecule has 0 bridgehead atoms. The van der Waals surface area contributed by atoms with Gasteiger partial charge in [-0.3, -0.25) is 4.79 Å². The normalized spacial score (nSPS) is 18.7. The molecule has 8 nitrogen and oxygen atoms in total. The Hall–Kier alpha value is -3.64. The smallest absolute Gasteiger partial charge is 0.352 e. The van der Waals surface area contributed by atoms with Crippen molar-refractivity contribution in [2.45, 2.75) is 32.0 Å². The number of carbonyl (C=O) groups is 1. The van der Waals surface area contributed by atoms with Gasteiger partial charge in [0, 0.05) is 25.5 Å². The summed E-state index contributed by atoms with van der Waals surface area (Å²) in [7, 11) is 0. The number of piperidine rings is 1. The second-order valence-electron chi connectivity index (χ2n) is 7.93. The van der Waals surface area contributed by atoms with Gasteiger partial charge in [-0.05, 0) is 30.9 Å². The molecule has 0 radical (unpaired) electrons. The lowest BCUT2D eigenvalue weighted by molar-refractivity contribution is -0.138. The van der Waals surface area contributed by atoms with Crippen LogP contribution in [0.15, 0.2) is 36.9 Å². The molecule has 1 aliphatic heterocycles. The Kier molecular flexibility index (Phi) is 6.44. The van der Waals surface area contributed by atoms with Crippen molar-refractivity contribution in [1.29, 1.82) is 0 Å². The van der Waals surface area contributed by atoms with Gasteiger partial charge in [0.1, 0.15) is 17.1 Å². The van der Waals surface area contributed by atoms with Gasteiger partial charge in [-0.1, -0.05) is 6.92 Å². The summed E-state index contributed by atoms with van der Waals surface area (Å²) in [4.78, 5) is 23.1. The molecule has 1 aromatic carbocycles. The minimum atomic E-state index is -4.56. The fraction of sp³-hybridized carbons (Fsp3) is 0.381. The summed E-state index contributed by atoms with van der Waals surface area (Å²) >= 11 is 0. The lowest BCUT2D eigenvalue weighted by Gasteiger charge is -2.40. The van der Waals surface area contributed by atoms with Crippen molar-refractivity contribution in [3.63, 3.8) is 0 Å². The highest BCUT2D eigenvalue weighted by molar-refractivity contribution is 5.98. The van der Waals surface area contributed by atoms with E-state index in [1.165, 1.54) is 17.3 Å². The topological polar surface area (TPSA) is 88.8 Å². The molecular formula is C21H20F5N7O. The third-order valence-electron chi connectivity index (χ3n) is 5.74. The maximum absolute atomic E-state index is 14.8. The summed E-state index contributed by atoms with van der Waals surface area (Å²) in [5.74, 6) is -2.61. The van der Waals surface area contributed by atoms with Crippen molar-refractivity contribution in [3.05, 3.63) is 59.7 Å². The van der Waals surface area contributed by atoms with Gasteiger partial charge in [0.15, 0.2) is 5.82 Å². The quantitative estimate of drug-likeness (QED) is 0.559. The lowest BCUT2D eigenvalue weighted by Crippen LogP contribution is -2.51. The van der Waals surface area contributed by atoms with E-state index >= 15 is 0 Å². The number of likely N-dealkylation sites (tertiary alicyclic amines) is 1. The third-order valence-corrected chi connectivity index (χ3v) is 5.74. The third kappa shape index (κ3) is 4.68. The van der Waals surface area contributed by atoms with Crippen LogP contribution in [0.25, 0.3) is 5.69 Å². The van der Waals surface area contributed by atoms with E-state index in [1.807, 2.05) is 6.92 Å². The molecule has 0 unspecified atom stereocenters. The Labute approximate surface area is 190 Å². The van der Waals surface area contributed by atoms with Crippen molar-refractivity contribution in [2.75, 3.05) is 18.4 Å². The minimum Gasteiger partial charge on any atom is -0.352 e. The Morgan fingerprint density at radius 2 is 1.76 bits per heavy atom. The second-order valence-corrected chi connectivity index (χ2v) is 7.93. The molecule has 1 aliphatic rings. The summed E-state index contributed by atoms with van der Waals surface area (Å²) < 4.78 is 67.7. The van der Waals surface area contributed by atoms with Crippen molar-refractivity contribution in [3.8, 4) is 5.69 Å². The number of carbonyl (C=O) groups excluding carboxylic acids is 1. The molecule has 0 aliphatic carbocycles. The molecule has 1 N–H and O–H groups in total. The molecular weight excluding hydrogens is 461 g/mol. The van der Waals surface area contributed by atoms with E-state index in [0.29, 0.717) is 18.8 Å². The summed E-state index contributed by atoms with van der Waals surface area (Å²) in [6, 6.07) is 1.28. The molecule has 13 heteroatoms. The maximum Gasteiger partial charge on any atom is 0.419 e. The average Bonchev–Trinajstić information content (AvgIpc) is 3.33. The summed E-state index contributed by atoms with van der Waals surface area (Å²) in [6.45, 7) is 2.28. The predicted octanol–water partition coefficient (Wildman–Crippen LogP) is 3.71. The Morgan fingerprint density at radius 3 is 2.41 bits per heavy atom. The van der Waals surface area contributed by atoms with E-state index in [1.54, 1.807) is 0 Å². The first-order valence-corrected chi connectivity index (χ1v) is 10.5. The van der Waals surface area contributed by atoms with Crippen molar-refractivity contribution < 1.29 is 26.7 Å². The number of amides is 1. The number of nitrogens with one attached hydrogen (secondary N) is 1. The van der Waals surface area contributed by atoms with Crippen LogP contribution in [-0.2, 0) is 6.18 Å². The SMILES string of the molecule is C[C@@H]1CCCN(C(=O)c2c(F)ccc(F)c2-n2nccn2)[C@@H]1CNc1ncc(C(F)(F)F)cn1. The van der Waals surface area contributed by atoms with E-state index in [9.17, 15) is 26.7 Å². The number of halogens is 5. The van der Waals surface area contributed by atoms with Crippen LogP contribution in [0.3, 0.4) is 0 Å². The molecule has 34 heavy (non-hydrogen) atoms. The van der Waals surface area contributed by atoms with Crippen LogP contribution >= 0.6 is 0 Å². The van der Waals surface area contributed by atoms with Gasteiger partial charge >= 0.3 is 6.18 Å². The van der Waals surface area contributed by atoms with Crippen LogP contribution in [0, 0.1) is 17.6 Å². The standard InChI is InChI=1S/C21H20F5N7O/c1-12-3-2-8-32(16(12)11-29-20-27-9-13(10-28-20)21(24,25)26)19(34)17-14(22)4-5-15(23)18(17)33-30-6-7-31-33/h4-7,9-10,12,16H,2-3,8,11H2,1H3,(H,27,28,29)/t12-,16-/m1/s1. The highest BCUT2D eigenvalue weighted by Crippen LogP contribution is 2.30. The molecule has 3 aromatic rings. The molecule has 3 heterocycles. The number of benzene rings is 1. The number of aromatic nitrogens is 5. The molecule has 1 amide bonds. The van der Waals surface area contributed by atoms with E-state index in [-0.39, 0.29) is 25.0 Å². The van der Waals surface area contributed by atoms with Gasteiger partial charge in [0.05, 0.1) is 24.0 Å². The van der Waals surface area contributed by atoms with Crippen molar-refractivity contribution >= 4 is 11.9 Å². The molecule has 2 aromatic heterocycles. The first kappa shape index (κ1) is 23.5. The number of hydrogen-bond donors (Lipinski definition) is 1. The molecule has 1 saturated heterocycles. The number of nitrogens with zero attached hydrogens (tertiary/aromatic N) is 6. The highest BCUT2D eigenvalue weighted by Gasteiger charge is 2.36. The first-order chi connectivity index (χ1) is 16.2. The van der Waals surface area contributed by atoms with E-state index in [2.05, 4.69) is 25.5 Å². The zero-order valence-electron chi connectivity index (χ0n) is 17.9. The fourth-order valence-electron chi connectivity index (χ4n) is 3.99. The summed E-state index contributed by atoms with van der Waals surface area (Å²) in [6.07, 6.45) is 0.726. The van der Waals surface area contributed by atoms with Crippen molar-refractivity contribution in [1.82, 2.24) is 29.9 Å². The van der Waals surface area contributed by atoms with Gasteiger partial charge in [-0.2, -0.15) is 23.4 Å². The molecule has 0 saturated carbocycles. The monoisotopic (exact) mass is 481 g/mol. The number of alkyl halides is 3. The average molecular weight is 481 g/mol. The van der Waals surface area contributed by atoms with Gasteiger partial charge in [0.25, 0.3) is 5.91 Å². The highest BCUT2D eigenvalue weighted by atomic mass is 19.4. The summed E-state index contributed by atoms with van der Waals surface area (Å²) in [5, 5.41) is 10.5. The Balaban J connectivity index is 1.60. The van der Waals surface area contributed by atoms with Crippen LogP contribution in [0.2, 0.25) is 0 Å². The van der Waals surface area contributed by atoms with Gasteiger partial charge in [0.2, 0.25) is 5.95 Å². The number of hydrogen-bond acceptors (Lipinski definition) is 6. The maximum atomic E-state index is 14.8. The van der Waals surface area contributed by atoms with Crippen LogP contribution in [0.4, 0.5) is 27.9 Å². The summed E-state index contributed by atoms with van der Waals surface area (Å²) in [5.41, 5.74) is -1.88. The molecule has 4 rings (SSSR count). The predicted molar refractivity (Wildman–Crippen MR) is 110 cm³/mol. The van der Waals surface area contributed by atoms with E-state index < -0.39 is 46.6 Å².